The van der Waals surface area contributed by atoms with Crippen LogP contribution in [-0.2, 0) is 0 Å². The lowest BCUT2D eigenvalue weighted by Gasteiger charge is -2.04. The van der Waals surface area contributed by atoms with Gasteiger partial charge < -0.3 is 10.4 Å². The van der Waals surface area contributed by atoms with Crippen molar-refractivity contribution in [2.24, 2.45) is 0 Å². The standard InChI is InChI=1S/C8H9N3O4/c12-7(11(14)15)5-10-8(13)6-2-1-3-9-4-6/h1-4,7,12H,5H2,(H,10,13). The second-order valence-corrected chi connectivity index (χ2v) is 2.72. The molecule has 1 unspecified atom stereocenters. The fourth-order valence-electron chi connectivity index (χ4n) is 0.858. The Bertz CT molecular complexity index is 354. The van der Waals surface area contributed by atoms with Crippen LogP contribution in [0.25, 0.3) is 0 Å². The highest BCUT2D eigenvalue weighted by atomic mass is 16.7. The maximum Gasteiger partial charge on any atom is 0.330 e. The fraction of sp³-hybridized carbons (Fsp3) is 0.250. The van der Waals surface area contributed by atoms with Gasteiger partial charge in [0.15, 0.2) is 0 Å². The SMILES string of the molecule is O=C(NCC(O)[N+](=O)[O-])c1cccnc1. The maximum atomic E-state index is 11.3. The van der Waals surface area contributed by atoms with Crippen molar-refractivity contribution in [2.75, 3.05) is 6.54 Å². The van der Waals surface area contributed by atoms with Gasteiger partial charge >= 0.3 is 6.23 Å². The largest absolute Gasteiger partial charge is 0.342 e. The Hall–Kier alpha value is -2.02. The second-order valence-electron chi connectivity index (χ2n) is 2.72. The monoisotopic (exact) mass is 211 g/mol. The van der Waals surface area contributed by atoms with E-state index in [4.69, 9.17) is 5.11 Å². The summed E-state index contributed by atoms with van der Waals surface area (Å²) in [4.78, 5) is 24.2. The molecule has 0 saturated carbocycles. The van der Waals surface area contributed by atoms with Crippen molar-refractivity contribution in [3.8, 4) is 0 Å². The third-order valence-electron chi connectivity index (χ3n) is 1.61. The first-order valence-corrected chi connectivity index (χ1v) is 4.11. The van der Waals surface area contributed by atoms with Gasteiger partial charge in [-0.3, -0.25) is 19.9 Å². The van der Waals surface area contributed by atoms with Crippen molar-refractivity contribution in [1.29, 1.82) is 0 Å². The fourth-order valence-corrected chi connectivity index (χ4v) is 0.858. The van der Waals surface area contributed by atoms with Crippen LogP contribution >= 0.6 is 0 Å². The topological polar surface area (TPSA) is 105 Å². The van der Waals surface area contributed by atoms with Gasteiger partial charge in [-0.1, -0.05) is 0 Å². The molecule has 7 nitrogen and oxygen atoms in total. The van der Waals surface area contributed by atoms with Gasteiger partial charge in [-0.2, -0.15) is 0 Å². The quantitative estimate of drug-likeness (QED) is 0.393. The van der Waals surface area contributed by atoms with Crippen molar-refractivity contribution in [1.82, 2.24) is 10.3 Å². The molecule has 80 valence electrons. The lowest BCUT2D eigenvalue weighted by atomic mass is 10.3. The Kier molecular flexibility index (Phi) is 3.69. The number of rotatable bonds is 4. The van der Waals surface area contributed by atoms with Gasteiger partial charge in [0.05, 0.1) is 10.5 Å². The molecule has 0 saturated heterocycles. The minimum atomic E-state index is -1.79. The Morgan fingerprint density at radius 1 is 1.73 bits per heavy atom. The van der Waals surface area contributed by atoms with E-state index in [0.717, 1.165) is 0 Å². The molecule has 0 aliphatic rings. The van der Waals surface area contributed by atoms with Gasteiger partial charge in [0, 0.05) is 12.4 Å². The molecule has 1 rings (SSSR count). The highest BCUT2D eigenvalue weighted by Crippen LogP contribution is 1.94. The molecule has 1 atom stereocenters. The van der Waals surface area contributed by atoms with Gasteiger partial charge in [-0.15, -0.1) is 0 Å². The van der Waals surface area contributed by atoms with Crippen LogP contribution in [0.5, 0.6) is 0 Å². The number of hydrogen-bond donors (Lipinski definition) is 2. The van der Waals surface area contributed by atoms with E-state index >= 15 is 0 Å². The smallest absolute Gasteiger partial charge is 0.330 e. The Labute approximate surface area is 84.9 Å². The first-order valence-electron chi connectivity index (χ1n) is 4.11. The molecular weight excluding hydrogens is 202 g/mol. The van der Waals surface area contributed by atoms with Crippen molar-refractivity contribution in [3.63, 3.8) is 0 Å². The van der Waals surface area contributed by atoms with E-state index in [1.807, 2.05) is 0 Å². The Morgan fingerprint density at radius 2 is 2.47 bits per heavy atom. The minimum absolute atomic E-state index is 0.285. The average Bonchev–Trinajstić information content (AvgIpc) is 2.26. The number of amides is 1. The van der Waals surface area contributed by atoms with Crippen LogP contribution in [0.15, 0.2) is 24.5 Å². The zero-order valence-electron chi connectivity index (χ0n) is 7.66. The van der Waals surface area contributed by atoms with Crippen LogP contribution in [0.1, 0.15) is 10.4 Å². The third-order valence-corrected chi connectivity index (χ3v) is 1.61. The number of carbonyl (C=O) groups is 1. The number of aromatic nitrogens is 1. The average molecular weight is 211 g/mol. The third kappa shape index (κ3) is 3.31. The van der Waals surface area contributed by atoms with E-state index in [2.05, 4.69) is 10.3 Å². The molecule has 2 N–H and O–H groups in total. The highest BCUT2D eigenvalue weighted by molar-refractivity contribution is 5.93. The zero-order valence-corrected chi connectivity index (χ0v) is 7.66. The van der Waals surface area contributed by atoms with Crippen molar-refractivity contribution in [3.05, 3.63) is 40.2 Å². The number of nitro groups is 1. The molecule has 0 radical (unpaired) electrons. The van der Waals surface area contributed by atoms with Crippen LogP contribution in [-0.4, -0.2) is 33.7 Å². The summed E-state index contributed by atoms with van der Waals surface area (Å²) in [5.74, 6) is -0.510. The number of nitrogens with one attached hydrogen (secondary N) is 1. The summed E-state index contributed by atoms with van der Waals surface area (Å²) in [6.45, 7) is -0.430. The predicted molar refractivity (Wildman–Crippen MR) is 49.6 cm³/mol. The summed E-state index contributed by atoms with van der Waals surface area (Å²) in [5.41, 5.74) is 0.285. The number of carbonyl (C=O) groups excluding carboxylic acids is 1. The molecule has 0 fully saturated rings. The number of nitrogens with zero attached hydrogens (tertiary/aromatic N) is 2. The Morgan fingerprint density at radius 3 is 3.00 bits per heavy atom. The second kappa shape index (κ2) is 5.01. The zero-order chi connectivity index (χ0) is 11.3. The Balaban J connectivity index is 2.47. The molecule has 1 aromatic heterocycles. The molecule has 0 aliphatic carbocycles. The molecule has 0 spiro atoms. The van der Waals surface area contributed by atoms with Crippen LogP contribution < -0.4 is 5.32 Å². The van der Waals surface area contributed by atoms with E-state index < -0.39 is 23.6 Å². The van der Waals surface area contributed by atoms with Crippen LogP contribution in [0.3, 0.4) is 0 Å². The van der Waals surface area contributed by atoms with E-state index in [1.165, 1.54) is 18.5 Å². The summed E-state index contributed by atoms with van der Waals surface area (Å²) >= 11 is 0. The molecule has 1 aromatic rings. The summed E-state index contributed by atoms with van der Waals surface area (Å²) in [5, 5.41) is 21.0. The van der Waals surface area contributed by atoms with Crippen molar-refractivity contribution in [2.45, 2.75) is 6.23 Å². The number of aliphatic hydroxyl groups is 1. The van der Waals surface area contributed by atoms with Crippen molar-refractivity contribution < 1.29 is 14.8 Å². The van der Waals surface area contributed by atoms with Crippen LogP contribution in [0.2, 0.25) is 0 Å². The molecule has 0 aliphatic heterocycles. The van der Waals surface area contributed by atoms with E-state index in [0.29, 0.717) is 0 Å². The number of pyridine rings is 1. The van der Waals surface area contributed by atoms with E-state index in [9.17, 15) is 14.9 Å². The summed E-state index contributed by atoms with van der Waals surface area (Å²) in [6.07, 6.45) is 1.04. The lowest BCUT2D eigenvalue weighted by molar-refractivity contribution is -0.567. The summed E-state index contributed by atoms with van der Waals surface area (Å²) in [6, 6.07) is 3.08. The minimum Gasteiger partial charge on any atom is -0.342 e. The molecule has 1 amide bonds. The molecule has 0 bridgehead atoms. The maximum absolute atomic E-state index is 11.3. The molecule has 1 heterocycles. The van der Waals surface area contributed by atoms with E-state index in [-0.39, 0.29) is 5.56 Å². The summed E-state index contributed by atoms with van der Waals surface area (Å²) < 4.78 is 0. The molecule has 15 heavy (non-hydrogen) atoms. The first-order chi connectivity index (χ1) is 7.11. The number of hydrogen-bond acceptors (Lipinski definition) is 5. The molecule has 7 heteroatoms. The predicted octanol–water partition coefficient (Wildman–Crippen LogP) is -0.594. The van der Waals surface area contributed by atoms with Gasteiger partial charge in [0.25, 0.3) is 5.91 Å². The van der Waals surface area contributed by atoms with Crippen LogP contribution in [0, 0.1) is 10.1 Å². The normalized spacial score (nSPS) is 11.8. The van der Waals surface area contributed by atoms with Crippen molar-refractivity contribution >= 4 is 5.91 Å². The van der Waals surface area contributed by atoms with Gasteiger partial charge in [-0.05, 0) is 12.1 Å². The summed E-state index contributed by atoms with van der Waals surface area (Å²) in [7, 11) is 0. The van der Waals surface area contributed by atoms with Gasteiger partial charge in [0.2, 0.25) is 0 Å². The highest BCUT2D eigenvalue weighted by Gasteiger charge is 2.16. The molecule has 0 aromatic carbocycles. The lowest BCUT2D eigenvalue weighted by Crippen LogP contribution is -2.36. The van der Waals surface area contributed by atoms with Gasteiger partial charge in [-0.25, -0.2) is 0 Å². The molecular formula is C8H9N3O4. The number of aliphatic hydroxyl groups excluding tert-OH is 1. The van der Waals surface area contributed by atoms with E-state index in [1.54, 1.807) is 6.07 Å². The van der Waals surface area contributed by atoms with Gasteiger partial charge in [0.1, 0.15) is 6.54 Å². The van der Waals surface area contributed by atoms with Crippen LogP contribution in [0.4, 0.5) is 0 Å². The first kappa shape index (κ1) is 11.1.